The van der Waals surface area contributed by atoms with E-state index >= 15 is 0 Å². The predicted octanol–water partition coefficient (Wildman–Crippen LogP) is 1.80. The summed E-state index contributed by atoms with van der Waals surface area (Å²) in [5.41, 5.74) is 1.48. The van der Waals surface area contributed by atoms with Crippen LogP contribution in [0.25, 0.3) is 0 Å². The van der Waals surface area contributed by atoms with Gasteiger partial charge in [0.1, 0.15) is 12.2 Å². The summed E-state index contributed by atoms with van der Waals surface area (Å²) >= 11 is 0. The summed E-state index contributed by atoms with van der Waals surface area (Å²) in [5.74, 6) is 0.324. The molecule has 0 radical (unpaired) electrons. The van der Waals surface area contributed by atoms with Crippen LogP contribution in [0.2, 0.25) is 0 Å². The van der Waals surface area contributed by atoms with E-state index in [9.17, 15) is 9.59 Å². The number of hydrogen-bond donors (Lipinski definition) is 0. The average Bonchev–Trinajstić information content (AvgIpc) is 2.50. The molecule has 0 bridgehead atoms. The van der Waals surface area contributed by atoms with E-state index in [-0.39, 0.29) is 18.2 Å². The maximum Gasteiger partial charge on any atom is 0.236 e. The van der Waals surface area contributed by atoms with Gasteiger partial charge < -0.3 is 14.5 Å². The monoisotopic (exact) mass is 262 g/mol. The molecule has 0 aromatic heterocycles. The lowest BCUT2D eigenvalue weighted by atomic mass is 10.2. The van der Waals surface area contributed by atoms with Gasteiger partial charge in [-0.05, 0) is 18.6 Å². The van der Waals surface area contributed by atoms with E-state index < -0.39 is 0 Å². The molecule has 1 aliphatic heterocycles. The molecule has 102 valence electrons. The van der Waals surface area contributed by atoms with Crippen molar-refractivity contribution in [2.75, 3.05) is 30.5 Å². The second-order valence-corrected chi connectivity index (χ2v) is 4.53. The highest BCUT2D eigenvalue weighted by molar-refractivity contribution is 6.15. The average molecular weight is 262 g/mol. The van der Waals surface area contributed by atoms with Gasteiger partial charge in [-0.3, -0.25) is 9.59 Å². The van der Waals surface area contributed by atoms with Crippen molar-refractivity contribution in [1.29, 1.82) is 0 Å². The van der Waals surface area contributed by atoms with Crippen LogP contribution in [0.5, 0.6) is 5.75 Å². The van der Waals surface area contributed by atoms with Crippen molar-refractivity contribution in [3.63, 3.8) is 0 Å². The van der Waals surface area contributed by atoms with Crippen molar-refractivity contribution >= 4 is 23.2 Å². The molecule has 1 aromatic carbocycles. The molecule has 0 atom stereocenters. The fraction of sp³-hybridized carbons (Fsp3) is 0.429. The van der Waals surface area contributed by atoms with E-state index in [1.165, 1.54) is 4.90 Å². The third kappa shape index (κ3) is 2.41. The summed E-state index contributed by atoms with van der Waals surface area (Å²) in [5, 5.41) is 0. The van der Waals surface area contributed by atoms with E-state index in [0.717, 1.165) is 12.1 Å². The second-order valence-electron chi connectivity index (χ2n) is 4.53. The van der Waals surface area contributed by atoms with Crippen LogP contribution in [0.15, 0.2) is 18.2 Å². The van der Waals surface area contributed by atoms with Gasteiger partial charge in [0.15, 0.2) is 0 Å². The molecular weight excluding hydrogens is 244 g/mol. The zero-order valence-corrected chi connectivity index (χ0v) is 11.5. The van der Waals surface area contributed by atoms with Crippen LogP contribution in [0.1, 0.15) is 19.8 Å². The lowest BCUT2D eigenvalue weighted by molar-refractivity contribution is -0.126. The molecule has 2 rings (SSSR count). The summed E-state index contributed by atoms with van der Waals surface area (Å²) in [7, 11) is 3.26. The van der Waals surface area contributed by atoms with Crippen molar-refractivity contribution < 1.29 is 14.3 Å². The van der Waals surface area contributed by atoms with Gasteiger partial charge in [0, 0.05) is 19.7 Å². The van der Waals surface area contributed by atoms with Gasteiger partial charge in [0.2, 0.25) is 11.8 Å². The first-order valence-electron chi connectivity index (χ1n) is 6.33. The van der Waals surface area contributed by atoms with Crippen LogP contribution in [-0.2, 0) is 9.59 Å². The lowest BCUT2D eigenvalue weighted by Gasteiger charge is -2.23. The third-order valence-electron chi connectivity index (χ3n) is 3.26. The number of benzene rings is 1. The Hall–Kier alpha value is -2.04. The molecule has 1 aliphatic rings. The van der Waals surface area contributed by atoms with Gasteiger partial charge in [-0.1, -0.05) is 6.92 Å². The Bertz CT molecular complexity index is 513. The van der Waals surface area contributed by atoms with Crippen molar-refractivity contribution in [1.82, 2.24) is 0 Å². The van der Waals surface area contributed by atoms with Crippen molar-refractivity contribution in [2.45, 2.75) is 19.8 Å². The molecule has 0 N–H and O–H groups in total. The minimum Gasteiger partial charge on any atom is -0.497 e. The van der Waals surface area contributed by atoms with Gasteiger partial charge >= 0.3 is 0 Å². The summed E-state index contributed by atoms with van der Waals surface area (Å²) in [6.45, 7) is 2.62. The number of carbonyl (C=O) groups excluding carboxylic acids is 2. The summed E-state index contributed by atoms with van der Waals surface area (Å²) in [6, 6.07) is 5.42. The standard InChI is InChI=1S/C14H18N2O3/c1-4-7-16-11-6-5-10(19-3)8-12(11)15(2)13(17)9-14(16)18/h5-6,8H,4,7,9H2,1-3H3. The Morgan fingerprint density at radius 3 is 2.58 bits per heavy atom. The Morgan fingerprint density at radius 2 is 1.95 bits per heavy atom. The summed E-state index contributed by atoms with van der Waals surface area (Å²) in [4.78, 5) is 27.3. The quantitative estimate of drug-likeness (QED) is 0.780. The van der Waals surface area contributed by atoms with E-state index in [4.69, 9.17) is 4.74 Å². The first-order chi connectivity index (χ1) is 9.08. The molecular formula is C14H18N2O3. The summed E-state index contributed by atoms with van der Waals surface area (Å²) in [6.07, 6.45) is 0.753. The highest BCUT2D eigenvalue weighted by Gasteiger charge is 2.29. The molecule has 0 saturated heterocycles. The topological polar surface area (TPSA) is 49.9 Å². The smallest absolute Gasteiger partial charge is 0.236 e. The molecule has 2 amide bonds. The number of methoxy groups -OCH3 is 1. The highest BCUT2D eigenvalue weighted by Crippen LogP contribution is 2.35. The number of amides is 2. The van der Waals surface area contributed by atoms with Crippen LogP contribution in [0, 0.1) is 0 Å². The predicted molar refractivity (Wildman–Crippen MR) is 73.7 cm³/mol. The first-order valence-corrected chi connectivity index (χ1v) is 6.33. The van der Waals surface area contributed by atoms with Crippen LogP contribution >= 0.6 is 0 Å². The van der Waals surface area contributed by atoms with Gasteiger partial charge in [0.25, 0.3) is 0 Å². The molecule has 1 heterocycles. The molecule has 19 heavy (non-hydrogen) atoms. The molecule has 0 unspecified atom stereocenters. The number of hydrogen-bond acceptors (Lipinski definition) is 3. The first kappa shape index (κ1) is 13.4. The van der Waals surface area contributed by atoms with Crippen LogP contribution < -0.4 is 14.5 Å². The van der Waals surface area contributed by atoms with Gasteiger partial charge in [-0.2, -0.15) is 0 Å². The van der Waals surface area contributed by atoms with Gasteiger partial charge in [-0.15, -0.1) is 0 Å². The fourth-order valence-electron chi connectivity index (χ4n) is 2.21. The largest absolute Gasteiger partial charge is 0.497 e. The Kier molecular flexibility index (Phi) is 3.74. The second kappa shape index (κ2) is 5.30. The van der Waals surface area contributed by atoms with Crippen LogP contribution in [0.3, 0.4) is 0 Å². The van der Waals surface area contributed by atoms with E-state index in [2.05, 4.69) is 0 Å². The molecule has 0 fully saturated rings. The number of rotatable bonds is 3. The van der Waals surface area contributed by atoms with Crippen LogP contribution in [0.4, 0.5) is 11.4 Å². The van der Waals surface area contributed by atoms with Crippen molar-refractivity contribution in [3.05, 3.63) is 18.2 Å². The number of nitrogens with zero attached hydrogens (tertiary/aromatic N) is 2. The van der Waals surface area contributed by atoms with E-state index in [1.807, 2.05) is 13.0 Å². The van der Waals surface area contributed by atoms with E-state index in [1.54, 1.807) is 31.2 Å². The maximum atomic E-state index is 12.1. The van der Waals surface area contributed by atoms with Gasteiger partial charge in [-0.25, -0.2) is 0 Å². The zero-order chi connectivity index (χ0) is 14.0. The molecule has 0 saturated carbocycles. The lowest BCUT2D eigenvalue weighted by Crippen LogP contribution is -2.32. The molecule has 5 nitrogen and oxygen atoms in total. The van der Waals surface area contributed by atoms with Crippen molar-refractivity contribution in [2.24, 2.45) is 0 Å². The Balaban J connectivity index is 2.55. The van der Waals surface area contributed by atoms with Crippen LogP contribution in [-0.4, -0.2) is 32.5 Å². The number of anilines is 2. The molecule has 0 spiro atoms. The minimum atomic E-state index is -0.196. The van der Waals surface area contributed by atoms with Crippen molar-refractivity contribution in [3.8, 4) is 5.75 Å². The van der Waals surface area contributed by atoms with Gasteiger partial charge in [0.05, 0.1) is 18.5 Å². The molecule has 0 aliphatic carbocycles. The normalized spacial score (nSPS) is 15.3. The summed E-state index contributed by atoms with van der Waals surface area (Å²) < 4.78 is 5.19. The van der Waals surface area contributed by atoms with E-state index in [0.29, 0.717) is 18.0 Å². The number of ether oxygens (including phenoxy) is 1. The number of carbonyl (C=O) groups is 2. The Labute approximate surface area is 112 Å². The third-order valence-corrected chi connectivity index (χ3v) is 3.26. The Morgan fingerprint density at radius 1 is 1.21 bits per heavy atom. The minimum absolute atomic E-state index is 0.0898. The zero-order valence-electron chi connectivity index (χ0n) is 11.5. The molecule has 5 heteroatoms. The maximum absolute atomic E-state index is 12.1. The molecule has 1 aromatic rings. The number of fused-ring (bicyclic) bond motifs is 1. The highest BCUT2D eigenvalue weighted by atomic mass is 16.5. The fourth-order valence-corrected chi connectivity index (χ4v) is 2.21. The SMILES string of the molecule is CCCN1C(=O)CC(=O)N(C)c2cc(OC)ccc21.